The smallest absolute Gasteiger partial charge is 0.204 e. The summed E-state index contributed by atoms with van der Waals surface area (Å²) >= 11 is 0. The van der Waals surface area contributed by atoms with Crippen LogP contribution in [0, 0.1) is 17.5 Å². The van der Waals surface area contributed by atoms with Crippen LogP contribution in [0.15, 0.2) is 48.5 Å². The summed E-state index contributed by atoms with van der Waals surface area (Å²) in [5.41, 5.74) is 2.21. The van der Waals surface area contributed by atoms with Crippen LogP contribution in [0.3, 0.4) is 0 Å². The Bertz CT molecular complexity index is 1030. The Morgan fingerprint density at radius 1 is 0.704 bits per heavy atom. The molecule has 0 atom stereocenters. The summed E-state index contributed by atoms with van der Waals surface area (Å²) in [7, 11) is 0. The standard InChI is InChI=1S/C21H12F6/c22-18-9-13(10-19(23)20(18)24)11-4-6-14-12(8-11)5-7-16-15(14)2-1-3-17(16)21(25,26)27/h1-4,6,8-10H,5,7H2. The first-order valence-corrected chi connectivity index (χ1v) is 8.23. The van der Waals surface area contributed by atoms with Crippen molar-refractivity contribution in [3.05, 3.63) is 82.7 Å². The minimum Gasteiger partial charge on any atom is -0.204 e. The van der Waals surface area contributed by atoms with Crippen LogP contribution in [0.2, 0.25) is 0 Å². The minimum atomic E-state index is -4.42. The van der Waals surface area contributed by atoms with Crippen molar-refractivity contribution in [3.63, 3.8) is 0 Å². The van der Waals surface area contributed by atoms with Crippen molar-refractivity contribution in [2.24, 2.45) is 0 Å². The van der Waals surface area contributed by atoms with E-state index in [0.29, 0.717) is 23.1 Å². The van der Waals surface area contributed by atoms with Crippen LogP contribution in [0.25, 0.3) is 22.3 Å². The zero-order chi connectivity index (χ0) is 19.3. The number of alkyl halides is 3. The molecule has 3 aromatic carbocycles. The van der Waals surface area contributed by atoms with E-state index in [1.807, 2.05) is 0 Å². The van der Waals surface area contributed by atoms with Gasteiger partial charge < -0.3 is 0 Å². The maximum absolute atomic E-state index is 13.5. The molecule has 0 radical (unpaired) electrons. The Balaban J connectivity index is 1.82. The van der Waals surface area contributed by atoms with E-state index < -0.39 is 29.2 Å². The van der Waals surface area contributed by atoms with Crippen molar-refractivity contribution in [1.82, 2.24) is 0 Å². The predicted molar refractivity (Wildman–Crippen MR) is 89.6 cm³/mol. The van der Waals surface area contributed by atoms with Crippen LogP contribution in [0.1, 0.15) is 16.7 Å². The highest BCUT2D eigenvalue weighted by atomic mass is 19.4. The second kappa shape index (κ2) is 6.15. The number of halogens is 6. The summed E-state index contributed by atoms with van der Waals surface area (Å²) in [5, 5.41) is 0. The first-order chi connectivity index (χ1) is 12.8. The van der Waals surface area contributed by atoms with E-state index in [1.54, 1.807) is 24.3 Å². The Labute approximate surface area is 151 Å². The van der Waals surface area contributed by atoms with E-state index in [0.717, 1.165) is 23.8 Å². The third-order valence-electron chi connectivity index (χ3n) is 4.84. The number of benzene rings is 3. The van der Waals surface area contributed by atoms with Crippen molar-refractivity contribution in [3.8, 4) is 22.3 Å². The molecular formula is C21H12F6. The summed E-state index contributed by atoms with van der Waals surface area (Å²) < 4.78 is 79.9. The molecule has 27 heavy (non-hydrogen) atoms. The molecule has 0 aromatic heterocycles. The molecule has 1 aliphatic rings. The third-order valence-corrected chi connectivity index (χ3v) is 4.84. The minimum absolute atomic E-state index is 0.170. The molecule has 138 valence electrons. The van der Waals surface area contributed by atoms with Gasteiger partial charge >= 0.3 is 6.18 Å². The first kappa shape index (κ1) is 17.6. The fourth-order valence-corrected chi connectivity index (χ4v) is 3.60. The largest absolute Gasteiger partial charge is 0.416 e. The van der Waals surface area contributed by atoms with E-state index in [4.69, 9.17) is 0 Å². The van der Waals surface area contributed by atoms with E-state index in [-0.39, 0.29) is 17.5 Å². The topological polar surface area (TPSA) is 0 Å². The van der Waals surface area contributed by atoms with Gasteiger partial charge in [0.05, 0.1) is 5.56 Å². The van der Waals surface area contributed by atoms with Gasteiger partial charge in [0.2, 0.25) is 0 Å². The van der Waals surface area contributed by atoms with Crippen molar-refractivity contribution >= 4 is 0 Å². The Morgan fingerprint density at radius 2 is 1.41 bits per heavy atom. The average molecular weight is 378 g/mol. The lowest BCUT2D eigenvalue weighted by Gasteiger charge is -2.24. The second-order valence-electron chi connectivity index (χ2n) is 6.46. The van der Waals surface area contributed by atoms with Crippen molar-refractivity contribution in [2.75, 3.05) is 0 Å². The predicted octanol–water partition coefficient (Wildman–Crippen LogP) is 6.56. The first-order valence-electron chi connectivity index (χ1n) is 8.23. The van der Waals surface area contributed by atoms with Gasteiger partial charge in [-0.25, -0.2) is 13.2 Å². The van der Waals surface area contributed by atoms with Crippen LogP contribution in [-0.2, 0) is 19.0 Å². The number of aryl methyl sites for hydroxylation is 1. The van der Waals surface area contributed by atoms with Crippen LogP contribution in [0.4, 0.5) is 26.3 Å². The fourth-order valence-electron chi connectivity index (χ4n) is 3.60. The van der Waals surface area contributed by atoms with Crippen molar-refractivity contribution in [1.29, 1.82) is 0 Å². The van der Waals surface area contributed by atoms with Gasteiger partial charge in [-0.1, -0.05) is 30.3 Å². The molecule has 0 amide bonds. The molecular weight excluding hydrogens is 366 g/mol. The molecule has 6 heteroatoms. The highest BCUT2D eigenvalue weighted by Gasteiger charge is 2.35. The van der Waals surface area contributed by atoms with Crippen LogP contribution >= 0.6 is 0 Å². The fraction of sp³-hybridized carbons (Fsp3) is 0.143. The number of hydrogen-bond acceptors (Lipinski definition) is 0. The van der Waals surface area contributed by atoms with Crippen LogP contribution in [-0.4, -0.2) is 0 Å². The highest BCUT2D eigenvalue weighted by molar-refractivity contribution is 5.78. The summed E-state index contributed by atoms with van der Waals surface area (Å²) in [6.45, 7) is 0. The molecule has 0 N–H and O–H groups in total. The zero-order valence-electron chi connectivity index (χ0n) is 13.8. The van der Waals surface area contributed by atoms with Gasteiger partial charge in [-0.05, 0) is 64.4 Å². The molecule has 0 unspecified atom stereocenters. The lowest BCUT2D eigenvalue weighted by molar-refractivity contribution is -0.138. The van der Waals surface area contributed by atoms with E-state index in [2.05, 4.69) is 0 Å². The second-order valence-corrected chi connectivity index (χ2v) is 6.46. The Kier molecular flexibility index (Phi) is 4.02. The van der Waals surface area contributed by atoms with Crippen molar-refractivity contribution in [2.45, 2.75) is 19.0 Å². The van der Waals surface area contributed by atoms with E-state index in [9.17, 15) is 26.3 Å². The summed E-state index contributed by atoms with van der Waals surface area (Å²) in [6, 6.07) is 10.8. The van der Waals surface area contributed by atoms with Gasteiger partial charge in [0.25, 0.3) is 0 Å². The van der Waals surface area contributed by atoms with Gasteiger partial charge in [-0.15, -0.1) is 0 Å². The summed E-state index contributed by atoms with van der Waals surface area (Å²) in [6.07, 6.45) is -3.84. The lowest BCUT2D eigenvalue weighted by Crippen LogP contribution is -2.14. The van der Waals surface area contributed by atoms with Gasteiger partial charge in [-0.2, -0.15) is 13.2 Å². The molecule has 0 fully saturated rings. The molecule has 1 aliphatic carbocycles. The summed E-state index contributed by atoms with van der Waals surface area (Å²) in [4.78, 5) is 0. The number of rotatable bonds is 1. The van der Waals surface area contributed by atoms with E-state index in [1.165, 1.54) is 6.07 Å². The molecule has 0 saturated carbocycles. The molecule has 0 spiro atoms. The zero-order valence-corrected chi connectivity index (χ0v) is 13.8. The highest BCUT2D eigenvalue weighted by Crippen LogP contribution is 2.42. The number of hydrogen-bond donors (Lipinski definition) is 0. The van der Waals surface area contributed by atoms with Crippen molar-refractivity contribution < 1.29 is 26.3 Å². The Morgan fingerprint density at radius 3 is 2.07 bits per heavy atom. The van der Waals surface area contributed by atoms with Gasteiger partial charge in [0, 0.05) is 0 Å². The normalized spacial score (nSPS) is 13.3. The maximum atomic E-state index is 13.5. The molecule has 0 heterocycles. The van der Waals surface area contributed by atoms with E-state index >= 15 is 0 Å². The monoisotopic (exact) mass is 378 g/mol. The third kappa shape index (κ3) is 2.99. The molecule has 0 bridgehead atoms. The molecule has 0 saturated heterocycles. The molecule has 4 rings (SSSR count). The van der Waals surface area contributed by atoms with Gasteiger partial charge in [0.15, 0.2) is 17.5 Å². The Hall–Kier alpha value is -2.76. The van der Waals surface area contributed by atoms with Gasteiger partial charge in [0.1, 0.15) is 0 Å². The number of fused-ring (bicyclic) bond motifs is 3. The lowest BCUT2D eigenvalue weighted by atomic mass is 9.82. The van der Waals surface area contributed by atoms with Gasteiger partial charge in [-0.3, -0.25) is 0 Å². The average Bonchev–Trinajstić information content (AvgIpc) is 2.63. The summed E-state index contributed by atoms with van der Waals surface area (Å²) in [5.74, 6) is -4.11. The SMILES string of the molecule is Fc1cc(-c2ccc3c(c2)CCc2c-3cccc2C(F)(F)F)cc(F)c1F. The molecule has 3 aromatic rings. The molecule has 0 nitrogen and oxygen atoms in total. The maximum Gasteiger partial charge on any atom is 0.416 e. The molecule has 0 aliphatic heterocycles. The van der Waals surface area contributed by atoms with Crippen LogP contribution < -0.4 is 0 Å². The quantitative estimate of drug-likeness (QED) is 0.332. The van der Waals surface area contributed by atoms with Crippen LogP contribution in [0.5, 0.6) is 0 Å².